The molecule has 2 N–H and O–H groups in total. The van der Waals surface area contributed by atoms with Crippen molar-refractivity contribution in [2.75, 3.05) is 7.05 Å². The van der Waals surface area contributed by atoms with Gasteiger partial charge in [-0.1, -0.05) is 0 Å². The summed E-state index contributed by atoms with van der Waals surface area (Å²) in [6.07, 6.45) is 5.02. The molecule has 3 aromatic rings. The second kappa shape index (κ2) is 7.75. The third-order valence-corrected chi connectivity index (χ3v) is 5.75. The van der Waals surface area contributed by atoms with Crippen LogP contribution in [0, 0.1) is 0 Å². The summed E-state index contributed by atoms with van der Waals surface area (Å²) < 4.78 is 0. The Bertz CT molecular complexity index is 1130. The molecule has 30 heavy (non-hydrogen) atoms. The SMILES string of the molecule is CN1C(=O)CC(C)(c2cc(CC(=O)c3cnc(-c4ccsc4)cn3)ccn2)N=C1N. The smallest absolute Gasteiger partial charge is 0.231 e. The quantitative estimate of drug-likeness (QED) is 0.634. The first kappa shape index (κ1) is 19.8. The summed E-state index contributed by atoms with van der Waals surface area (Å²) in [5, 5.41) is 3.95. The molecule has 0 aromatic carbocycles. The number of carbonyl (C=O) groups is 2. The van der Waals surface area contributed by atoms with E-state index in [-0.39, 0.29) is 30.5 Å². The van der Waals surface area contributed by atoms with E-state index >= 15 is 0 Å². The number of carbonyl (C=O) groups excluding carboxylic acids is 2. The lowest BCUT2D eigenvalue weighted by Gasteiger charge is -2.32. The van der Waals surface area contributed by atoms with E-state index in [0.29, 0.717) is 11.4 Å². The van der Waals surface area contributed by atoms with Gasteiger partial charge in [0.2, 0.25) is 5.91 Å². The van der Waals surface area contributed by atoms with Crippen molar-refractivity contribution in [3.8, 4) is 11.3 Å². The van der Waals surface area contributed by atoms with Crippen LogP contribution in [0.4, 0.5) is 0 Å². The number of thiophene rings is 1. The molecule has 0 spiro atoms. The second-order valence-electron chi connectivity index (χ2n) is 7.32. The van der Waals surface area contributed by atoms with Crippen LogP contribution in [-0.4, -0.2) is 44.5 Å². The van der Waals surface area contributed by atoms with Crippen molar-refractivity contribution in [2.45, 2.75) is 25.3 Å². The molecule has 152 valence electrons. The molecule has 3 aromatic heterocycles. The predicted molar refractivity (Wildman–Crippen MR) is 114 cm³/mol. The highest BCUT2D eigenvalue weighted by atomic mass is 32.1. The predicted octanol–water partition coefficient (Wildman–Crippen LogP) is 2.42. The van der Waals surface area contributed by atoms with Gasteiger partial charge in [-0.15, -0.1) is 0 Å². The van der Waals surface area contributed by atoms with Crippen LogP contribution in [-0.2, 0) is 16.8 Å². The number of ketones is 1. The van der Waals surface area contributed by atoms with Crippen molar-refractivity contribution in [2.24, 2.45) is 10.7 Å². The molecule has 4 rings (SSSR count). The Morgan fingerprint density at radius 3 is 2.77 bits per heavy atom. The van der Waals surface area contributed by atoms with Gasteiger partial charge in [-0.05, 0) is 36.1 Å². The molecular formula is C21H20N6O2S. The Morgan fingerprint density at radius 2 is 2.10 bits per heavy atom. The fraction of sp³-hybridized carbons (Fsp3) is 0.238. The maximum Gasteiger partial charge on any atom is 0.231 e. The van der Waals surface area contributed by atoms with Crippen LogP contribution < -0.4 is 5.73 Å². The van der Waals surface area contributed by atoms with Crippen molar-refractivity contribution in [1.82, 2.24) is 19.9 Å². The van der Waals surface area contributed by atoms with E-state index in [0.717, 1.165) is 16.8 Å². The molecule has 4 heterocycles. The first-order valence-electron chi connectivity index (χ1n) is 9.31. The molecule has 9 heteroatoms. The first-order valence-corrected chi connectivity index (χ1v) is 10.2. The molecule has 0 saturated carbocycles. The molecule has 1 amide bonds. The Kier molecular flexibility index (Phi) is 5.13. The monoisotopic (exact) mass is 420 g/mol. The highest BCUT2D eigenvalue weighted by molar-refractivity contribution is 7.08. The zero-order chi connectivity index (χ0) is 21.3. The van der Waals surface area contributed by atoms with Gasteiger partial charge in [0.25, 0.3) is 0 Å². The highest BCUT2D eigenvalue weighted by Crippen LogP contribution is 2.32. The third kappa shape index (κ3) is 3.84. The minimum Gasteiger partial charge on any atom is -0.369 e. The van der Waals surface area contributed by atoms with Gasteiger partial charge in [-0.25, -0.2) is 9.98 Å². The number of rotatable bonds is 5. The van der Waals surface area contributed by atoms with Gasteiger partial charge < -0.3 is 5.73 Å². The van der Waals surface area contributed by atoms with Crippen molar-refractivity contribution >= 4 is 29.0 Å². The van der Waals surface area contributed by atoms with Gasteiger partial charge in [0.05, 0.1) is 30.2 Å². The largest absolute Gasteiger partial charge is 0.369 e. The Morgan fingerprint density at radius 1 is 1.27 bits per heavy atom. The van der Waals surface area contributed by atoms with Gasteiger partial charge in [-0.3, -0.25) is 24.5 Å². The summed E-state index contributed by atoms with van der Waals surface area (Å²) in [6, 6.07) is 5.51. The standard InChI is InChI=1S/C21H20N6O2S/c1-21(9-19(29)27(2)20(22)26-21)18-8-13(3-5-23-18)7-17(28)16-11-24-15(10-25-16)14-4-6-30-12-14/h3-6,8,10-12H,7,9H2,1-2H3,(H2,22,26). The van der Waals surface area contributed by atoms with E-state index < -0.39 is 5.54 Å². The molecule has 0 radical (unpaired) electrons. The summed E-state index contributed by atoms with van der Waals surface area (Å²) >= 11 is 1.58. The third-order valence-electron chi connectivity index (χ3n) is 5.07. The molecule has 0 saturated heterocycles. The Labute approximate surface area is 177 Å². The number of amides is 1. The van der Waals surface area contributed by atoms with Crippen molar-refractivity contribution in [3.63, 3.8) is 0 Å². The van der Waals surface area contributed by atoms with E-state index in [9.17, 15) is 9.59 Å². The molecule has 1 unspecified atom stereocenters. The molecule has 1 atom stereocenters. The second-order valence-corrected chi connectivity index (χ2v) is 8.10. The van der Waals surface area contributed by atoms with E-state index in [1.807, 2.05) is 23.8 Å². The highest BCUT2D eigenvalue weighted by Gasteiger charge is 2.37. The lowest BCUT2D eigenvalue weighted by Crippen LogP contribution is -2.47. The van der Waals surface area contributed by atoms with Gasteiger partial charge in [0, 0.05) is 30.6 Å². The van der Waals surface area contributed by atoms with Crippen molar-refractivity contribution < 1.29 is 9.59 Å². The summed E-state index contributed by atoms with van der Waals surface area (Å²) in [4.78, 5) is 43.7. The molecule has 1 aliphatic rings. The summed E-state index contributed by atoms with van der Waals surface area (Å²) in [6.45, 7) is 1.81. The van der Waals surface area contributed by atoms with Gasteiger partial charge in [0.1, 0.15) is 11.2 Å². The van der Waals surface area contributed by atoms with Crippen LogP contribution in [0.2, 0.25) is 0 Å². The van der Waals surface area contributed by atoms with Crippen LogP contribution in [0.15, 0.2) is 52.5 Å². The zero-order valence-electron chi connectivity index (χ0n) is 16.6. The van der Waals surface area contributed by atoms with Crippen molar-refractivity contribution in [1.29, 1.82) is 0 Å². The van der Waals surface area contributed by atoms with Crippen LogP contribution in [0.25, 0.3) is 11.3 Å². The topological polar surface area (TPSA) is 114 Å². The summed E-state index contributed by atoms with van der Waals surface area (Å²) in [5.41, 5.74) is 8.38. The maximum absolute atomic E-state index is 12.7. The molecule has 1 aliphatic heterocycles. The lowest BCUT2D eigenvalue weighted by atomic mass is 9.90. The van der Waals surface area contributed by atoms with E-state index in [4.69, 9.17) is 5.73 Å². The normalized spacial score (nSPS) is 18.9. The molecule has 0 fully saturated rings. The molecule has 0 aliphatic carbocycles. The van der Waals surface area contributed by atoms with E-state index in [1.165, 1.54) is 11.1 Å². The number of pyridine rings is 1. The minimum absolute atomic E-state index is 0.130. The number of guanidine groups is 1. The number of aliphatic imine (C=N–C) groups is 1. The zero-order valence-corrected chi connectivity index (χ0v) is 17.4. The van der Waals surface area contributed by atoms with Crippen LogP contribution >= 0.6 is 11.3 Å². The Hall–Kier alpha value is -3.46. The minimum atomic E-state index is -0.866. The summed E-state index contributed by atoms with van der Waals surface area (Å²) in [7, 11) is 1.59. The Balaban J connectivity index is 1.53. The number of hydrogen-bond donors (Lipinski definition) is 1. The number of Topliss-reactive ketones (excluding diaryl/α,β-unsaturated/α-hetero) is 1. The fourth-order valence-electron chi connectivity index (χ4n) is 3.24. The van der Waals surface area contributed by atoms with Gasteiger partial charge in [0.15, 0.2) is 11.7 Å². The lowest BCUT2D eigenvalue weighted by molar-refractivity contribution is -0.128. The number of nitrogens with zero attached hydrogens (tertiary/aromatic N) is 5. The molecule has 0 bridgehead atoms. The summed E-state index contributed by atoms with van der Waals surface area (Å²) in [5.74, 6) is -0.128. The number of hydrogen-bond acceptors (Lipinski definition) is 8. The molecule has 8 nitrogen and oxygen atoms in total. The van der Waals surface area contributed by atoms with Gasteiger partial charge in [-0.2, -0.15) is 11.3 Å². The maximum atomic E-state index is 12.7. The number of nitrogens with two attached hydrogens (primary N) is 1. The molecular weight excluding hydrogens is 400 g/mol. The van der Waals surface area contributed by atoms with Crippen LogP contribution in [0.5, 0.6) is 0 Å². The van der Waals surface area contributed by atoms with Crippen LogP contribution in [0.1, 0.15) is 35.1 Å². The number of aromatic nitrogens is 3. The van der Waals surface area contributed by atoms with Crippen molar-refractivity contribution in [3.05, 3.63) is 64.5 Å². The van der Waals surface area contributed by atoms with Crippen LogP contribution in [0.3, 0.4) is 0 Å². The van der Waals surface area contributed by atoms with Gasteiger partial charge >= 0.3 is 0 Å². The fourth-order valence-corrected chi connectivity index (χ4v) is 3.89. The van der Waals surface area contributed by atoms with E-state index in [2.05, 4.69) is 19.9 Å². The average Bonchev–Trinajstić information content (AvgIpc) is 3.27. The first-order chi connectivity index (χ1) is 14.4. The van der Waals surface area contributed by atoms with E-state index in [1.54, 1.807) is 42.9 Å². The average molecular weight is 420 g/mol.